The van der Waals surface area contributed by atoms with Crippen molar-refractivity contribution in [2.45, 2.75) is 44.6 Å². The second-order valence-corrected chi connectivity index (χ2v) is 9.11. The molecule has 4 rings (SSSR count). The van der Waals surface area contributed by atoms with Crippen LogP contribution in [0, 0.1) is 12.7 Å². The predicted octanol–water partition coefficient (Wildman–Crippen LogP) is 2.10. The van der Waals surface area contributed by atoms with E-state index >= 15 is 0 Å². The maximum atomic E-state index is 14.0. The Kier molecular flexibility index (Phi) is 4.58. The van der Waals surface area contributed by atoms with E-state index in [1.54, 1.807) is 19.1 Å². The van der Waals surface area contributed by atoms with Gasteiger partial charge in [0.2, 0.25) is 10.0 Å². The van der Waals surface area contributed by atoms with Crippen LogP contribution in [-0.2, 0) is 28.9 Å². The van der Waals surface area contributed by atoms with Gasteiger partial charge in [0.15, 0.2) is 0 Å². The lowest BCUT2D eigenvalue weighted by molar-refractivity contribution is 0.257. The average Bonchev–Trinajstić information content (AvgIpc) is 3.21. The minimum Gasteiger partial charge on any atom is -0.307 e. The van der Waals surface area contributed by atoms with Crippen molar-refractivity contribution < 1.29 is 12.8 Å². The summed E-state index contributed by atoms with van der Waals surface area (Å²) in [6, 6.07) is 4.91. The maximum Gasteiger partial charge on any atom is 0.218 e. The Morgan fingerprint density at radius 3 is 2.77 bits per heavy atom. The normalized spacial score (nSPS) is 19.0. The van der Waals surface area contributed by atoms with Crippen LogP contribution in [-0.4, -0.2) is 35.6 Å². The number of hydrogen-bond donors (Lipinski definition) is 1. The van der Waals surface area contributed by atoms with Crippen LogP contribution in [0.2, 0.25) is 0 Å². The SMILES string of the molecule is Cc1ccc(CS(=O)(=O)N2CCC(n3ncc4c3CNC4)CC2)c(F)c1. The largest absolute Gasteiger partial charge is 0.307 e. The molecule has 1 saturated heterocycles. The summed E-state index contributed by atoms with van der Waals surface area (Å²) < 4.78 is 43.0. The number of sulfonamides is 1. The van der Waals surface area contributed by atoms with Crippen LogP contribution in [0.15, 0.2) is 24.4 Å². The molecule has 3 heterocycles. The number of benzene rings is 1. The Morgan fingerprint density at radius 2 is 2.04 bits per heavy atom. The molecule has 1 N–H and O–H groups in total. The topological polar surface area (TPSA) is 67.2 Å². The highest BCUT2D eigenvalue weighted by atomic mass is 32.2. The lowest BCUT2D eigenvalue weighted by atomic mass is 10.1. The second kappa shape index (κ2) is 6.75. The van der Waals surface area contributed by atoms with E-state index in [0.717, 1.165) is 31.5 Å². The van der Waals surface area contributed by atoms with Crippen molar-refractivity contribution in [3.05, 3.63) is 52.6 Å². The van der Waals surface area contributed by atoms with Crippen LogP contribution in [0.3, 0.4) is 0 Å². The number of aryl methyl sites for hydroxylation is 1. The first-order valence-electron chi connectivity index (χ1n) is 8.93. The van der Waals surface area contributed by atoms with Crippen LogP contribution in [0.25, 0.3) is 0 Å². The molecule has 0 radical (unpaired) electrons. The number of nitrogens with one attached hydrogen (secondary N) is 1. The van der Waals surface area contributed by atoms with Crippen LogP contribution in [0.4, 0.5) is 4.39 Å². The van der Waals surface area contributed by atoms with Crippen LogP contribution in [0.5, 0.6) is 0 Å². The zero-order chi connectivity index (χ0) is 18.3. The molecule has 8 heteroatoms. The molecule has 0 atom stereocenters. The van der Waals surface area contributed by atoms with Gasteiger partial charge < -0.3 is 5.32 Å². The summed E-state index contributed by atoms with van der Waals surface area (Å²) in [6.07, 6.45) is 3.35. The molecule has 6 nitrogen and oxygen atoms in total. The minimum absolute atomic E-state index is 0.223. The highest BCUT2D eigenvalue weighted by Crippen LogP contribution is 2.28. The van der Waals surface area contributed by atoms with Crippen molar-refractivity contribution in [3.63, 3.8) is 0 Å². The minimum atomic E-state index is -3.52. The molecule has 2 aliphatic heterocycles. The first-order valence-corrected chi connectivity index (χ1v) is 10.5. The van der Waals surface area contributed by atoms with Gasteiger partial charge in [0.25, 0.3) is 0 Å². The smallest absolute Gasteiger partial charge is 0.218 e. The highest BCUT2D eigenvalue weighted by Gasteiger charge is 2.31. The van der Waals surface area contributed by atoms with Gasteiger partial charge in [0.05, 0.1) is 23.7 Å². The van der Waals surface area contributed by atoms with E-state index < -0.39 is 15.8 Å². The van der Waals surface area contributed by atoms with Crippen LogP contribution < -0.4 is 5.32 Å². The molecule has 140 valence electrons. The monoisotopic (exact) mass is 378 g/mol. The van der Waals surface area contributed by atoms with Gasteiger partial charge in [0.1, 0.15) is 5.82 Å². The summed E-state index contributed by atoms with van der Waals surface area (Å²) in [5.74, 6) is -0.742. The molecule has 1 aromatic carbocycles. The highest BCUT2D eigenvalue weighted by molar-refractivity contribution is 7.88. The van der Waals surface area contributed by atoms with Crippen LogP contribution >= 0.6 is 0 Å². The van der Waals surface area contributed by atoms with Crippen molar-refractivity contribution in [2.75, 3.05) is 13.1 Å². The Labute approximate surface area is 153 Å². The van der Waals surface area contributed by atoms with Crippen molar-refractivity contribution in [3.8, 4) is 0 Å². The van der Waals surface area contributed by atoms with Gasteiger partial charge in [-0.2, -0.15) is 5.10 Å². The van der Waals surface area contributed by atoms with Crippen molar-refractivity contribution >= 4 is 10.0 Å². The van der Waals surface area contributed by atoms with Gasteiger partial charge in [-0.15, -0.1) is 0 Å². The van der Waals surface area contributed by atoms with E-state index in [0.29, 0.717) is 13.1 Å². The van der Waals surface area contributed by atoms with Gasteiger partial charge >= 0.3 is 0 Å². The summed E-state index contributed by atoms with van der Waals surface area (Å²) in [5.41, 5.74) is 3.46. The summed E-state index contributed by atoms with van der Waals surface area (Å²) in [4.78, 5) is 0. The molecule has 1 fully saturated rings. The Hall–Kier alpha value is -1.77. The fourth-order valence-electron chi connectivity index (χ4n) is 3.82. The fraction of sp³-hybridized carbons (Fsp3) is 0.500. The zero-order valence-corrected chi connectivity index (χ0v) is 15.6. The summed E-state index contributed by atoms with van der Waals surface area (Å²) in [5, 5.41) is 7.81. The van der Waals surface area contributed by atoms with E-state index in [9.17, 15) is 12.8 Å². The first-order chi connectivity index (χ1) is 12.4. The lowest BCUT2D eigenvalue weighted by Gasteiger charge is -2.32. The molecule has 0 amide bonds. The molecular weight excluding hydrogens is 355 g/mol. The maximum absolute atomic E-state index is 14.0. The van der Waals surface area contributed by atoms with E-state index in [4.69, 9.17) is 0 Å². The van der Waals surface area contributed by atoms with Gasteiger partial charge in [-0.3, -0.25) is 4.68 Å². The molecule has 2 aliphatic rings. The third kappa shape index (κ3) is 3.28. The first kappa shape index (κ1) is 17.6. The molecule has 0 saturated carbocycles. The van der Waals surface area contributed by atoms with E-state index in [2.05, 4.69) is 15.1 Å². The molecule has 0 spiro atoms. The van der Waals surface area contributed by atoms with E-state index in [-0.39, 0.29) is 17.4 Å². The molecule has 0 bridgehead atoms. The standard InChI is InChI=1S/C18H23FN4O2S/c1-13-2-3-14(17(19)8-13)12-26(24,25)22-6-4-16(5-7-22)23-18-11-20-9-15(18)10-21-23/h2-3,8,10,16,20H,4-7,9,11-12H2,1H3. The fourth-order valence-corrected chi connectivity index (χ4v) is 5.39. The number of hydrogen-bond acceptors (Lipinski definition) is 4. The van der Waals surface area contributed by atoms with Gasteiger partial charge in [-0.25, -0.2) is 17.1 Å². The van der Waals surface area contributed by atoms with Gasteiger partial charge in [-0.1, -0.05) is 12.1 Å². The van der Waals surface area contributed by atoms with Crippen molar-refractivity contribution in [1.82, 2.24) is 19.4 Å². The predicted molar refractivity (Wildman–Crippen MR) is 96.4 cm³/mol. The molecular formula is C18H23FN4O2S. The summed E-state index contributed by atoms with van der Waals surface area (Å²) >= 11 is 0. The Bertz CT molecular complexity index is 917. The summed E-state index contributed by atoms with van der Waals surface area (Å²) in [6.45, 7) is 4.35. The summed E-state index contributed by atoms with van der Waals surface area (Å²) in [7, 11) is -3.52. The zero-order valence-electron chi connectivity index (χ0n) is 14.8. The number of halogens is 1. The van der Waals surface area contributed by atoms with Crippen LogP contribution in [0.1, 0.15) is 41.3 Å². The molecule has 0 aliphatic carbocycles. The molecule has 2 aromatic rings. The Balaban J connectivity index is 1.43. The molecule has 1 aromatic heterocycles. The van der Waals surface area contributed by atoms with Gasteiger partial charge in [0, 0.05) is 37.3 Å². The molecule has 26 heavy (non-hydrogen) atoms. The number of fused-ring (bicyclic) bond motifs is 1. The second-order valence-electron chi connectivity index (χ2n) is 7.15. The third-order valence-electron chi connectivity index (χ3n) is 5.30. The average molecular weight is 378 g/mol. The van der Waals surface area contributed by atoms with Crippen molar-refractivity contribution in [1.29, 1.82) is 0 Å². The van der Waals surface area contributed by atoms with E-state index in [1.165, 1.54) is 21.6 Å². The molecule has 0 unspecified atom stereocenters. The quantitative estimate of drug-likeness (QED) is 0.885. The lowest BCUT2D eigenvalue weighted by Crippen LogP contribution is -2.40. The van der Waals surface area contributed by atoms with Crippen molar-refractivity contribution in [2.24, 2.45) is 0 Å². The number of piperidine rings is 1. The number of nitrogens with zero attached hydrogens (tertiary/aromatic N) is 3. The van der Waals surface area contributed by atoms with E-state index in [1.807, 2.05) is 6.20 Å². The Morgan fingerprint density at radius 1 is 1.27 bits per heavy atom. The van der Waals surface area contributed by atoms with Gasteiger partial charge in [-0.05, 0) is 31.4 Å². The number of aromatic nitrogens is 2. The number of rotatable bonds is 4. The third-order valence-corrected chi connectivity index (χ3v) is 7.13.